The third kappa shape index (κ3) is 3.42. The molecule has 0 bridgehead atoms. The molecule has 26 heavy (non-hydrogen) atoms. The zero-order valence-electron chi connectivity index (χ0n) is 13.9. The lowest BCUT2D eigenvalue weighted by molar-refractivity contribution is 0.0183. The van der Waals surface area contributed by atoms with Crippen molar-refractivity contribution in [2.45, 2.75) is 11.3 Å². The molecule has 3 rings (SSSR count). The van der Waals surface area contributed by atoms with Gasteiger partial charge in [-0.25, -0.2) is 23.4 Å². The number of amides is 2. The summed E-state index contributed by atoms with van der Waals surface area (Å²) in [6.07, 6.45) is 3.09. The first kappa shape index (κ1) is 18.3. The van der Waals surface area contributed by atoms with Crippen LogP contribution < -0.4 is 0 Å². The van der Waals surface area contributed by atoms with E-state index in [1.165, 1.54) is 34.4 Å². The number of hydrogen-bond donors (Lipinski definition) is 0. The number of benzene rings is 1. The molecule has 2 heterocycles. The zero-order chi connectivity index (χ0) is 18.9. The largest absolute Gasteiger partial charge is 0.275 e. The Balaban J connectivity index is 1.96. The summed E-state index contributed by atoms with van der Waals surface area (Å²) < 4.78 is 24.0. The quantitative estimate of drug-likeness (QED) is 0.744. The first-order valence-electron chi connectivity index (χ1n) is 7.84. The molecule has 1 saturated heterocycles. The van der Waals surface area contributed by atoms with Gasteiger partial charge in [-0.15, -0.1) is 0 Å². The first-order chi connectivity index (χ1) is 12.3. The number of nitrogens with zero attached hydrogens (tertiary/aromatic N) is 3. The van der Waals surface area contributed by atoms with Crippen LogP contribution in [-0.2, 0) is 9.84 Å². The van der Waals surface area contributed by atoms with Crippen molar-refractivity contribution in [1.82, 2.24) is 15.0 Å². The van der Waals surface area contributed by atoms with E-state index < -0.39 is 21.7 Å². The molecule has 1 fully saturated rings. The third-order valence-corrected chi connectivity index (χ3v) is 5.46. The molecule has 0 aliphatic carbocycles. The van der Waals surface area contributed by atoms with E-state index in [-0.39, 0.29) is 21.2 Å². The first-order valence-corrected chi connectivity index (χ1v) is 10.1. The highest BCUT2D eigenvalue weighted by Gasteiger charge is 2.34. The number of sulfone groups is 1. The van der Waals surface area contributed by atoms with Crippen molar-refractivity contribution < 1.29 is 18.0 Å². The van der Waals surface area contributed by atoms with Crippen LogP contribution in [-0.4, -0.2) is 54.6 Å². The summed E-state index contributed by atoms with van der Waals surface area (Å²) in [6, 6.07) is 9.07. The van der Waals surface area contributed by atoms with Crippen LogP contribution in [0.15, 0.2) is 47.5 Å². The second-order valence-corrected chi connectivity index (χ2v) is 8.16. The van der Waals surface area contributed by atoms with E-state index in [2.05, 4.69) is 4.98 Å². The molecule has 0 spiro atoms. The smallest absolute Gasteiger partial charge is 0.267 e. The number of hydrogen-bond acceptors (Lipinski definition) is 5. The summed E-state index contributed by atoms with van der Waals surface area (Å²) in [7, 11) is -3.59. The van der Waals surface area contributed by atoms with E-state index >= 15 is 0 Å². The fraction of sp³-hybridized carbons (Fsp3) is 0.235. The van der Waals surface area contributed by atoms with E-state index in [1.807, 2.05) is 0 Å². The summed E-state index contributed by atoms with van der Waals surface area (Å²) in [5.74, 6) is -0.998. The van der Waals surface area contributed by atoms with E-state index in [0.717, 1.165) is 6.26 Å². The Bertz CT molecular complexity index is 977. The topological polar surface area (TPSA) is 87.7 Å². The maximum Gasteiger partial charge on any atom is 0.275 e. The number of rotatable bonds is 3. The van der Waals surface area contributed by atoms with Gasteiger partial charge >= 0.3 is 0 Å². The van der Waals surface area contributed by atoms with Crippen LogP contribution in [0.25, 0.3) is 0 Å². The van der Waals surface area contributed by atoms with Gasteiger partial charge in [-0.2, -0.15) is 0 Å². The van der Waals surface area contributed by atoms with E-state index in [4.69, 9.17) is 11.6 Å². The van der Waals surface area contributed by atoms with Gasteiger partial charge in [-0.3, -0.25) is 9.59 Å². The van der Waals surface area contributed by atoms with Gasteiger partial charge in [0.2, 0.25) is 0 Å². The highest BCUT2D eigenvalue weighted by Crippen LogP contribution is 2.23. The van der Waals surface area contributed by atoms with Gasteiger partial charge in [0, 0.05) is 25.5 Å². The van der Waals surface area contributed by atoms with Crippen molar-refractivity contribution in [2.24, 2.45) is 0 Å². The zero-order valence-corrected chi connectivity index (χ0v) is 15.5. The minimum Gasteiger partial charge on any atom is -0.267 e. The fourth-order valence-electron chi connectivity index (χ4n) is 2.82. The molecule has 0 N–H and O–H groups in total. The van der Waals surface area contributed by atoms with Gasteiger partial charge in [0.05, 0.1) is 16.0 Å². The van der Waals surface area contributed by atoms with Crippen molar-refractivity contribution in [3.05, 3.63) is 58.9 Å². The molecule has 136 valence electrons. The van der Waals surface area contributed by atoms with Gasteiger partial charge in [0.1, 0.15) is 5.15 Å². The molecule has 9 heteroatoms. The van der Waals surface area contributed by atoms with Crippen LogP contribution in [0.1, 0.15) is 27.1 Å². The highest BCUT2D eigenvalue weighted by atomic mass is 35.5. The lowest BCUT2D eigenvalue weighted by atomic mass is 10.2. The molecular formula is C17H16ClN3O4S. The Kier molecular flexibility index (Phi) is 4.97. The predicted molar refractivity (Wildman–Crippen MR) is 95.5 cm³/mol. The molecule has 0 atom stereocenters. The van der Waals surface area contributed by atoms with Gasteiger partial charge in [-0.1, -0.05) is 23.7 Å². The number of halogens is 1. The minimum absolute atomic E-state index is 0.0342. The van der Waals surface area contributed by atoms with Crippen LogP contribution in [0, 0.1) is 0 Å². The number of pyridine rings is 1. The van der Waals surface area contributed by atoms with E-state index in [0.29, 0.717) is 19.5 Å². The Labute approximate surface area is 156 Å². The Hall–Kier alpha value is -2.45. The maximum absolute atomic E-state index is 13.0. The summed E-state index contributed by atoms with van der Waals surface area (Å²) >= 11 is 5.99. The molecular weight excluding hydrogens is 378 g/mol. The number of aromatic nitrogens is 1. The summed E-state index contributed by atoms with van der Waals surface area (Å²) in [6.45, 7) is 0.636. The lowest BCUT2D eigenvalue weighted by Crippen LogP contribution is -2.45. The summed E-state index contributed by atoms with van der Waals surface area (Å²) in [5, 5.41) is 2.59. The molecule has 1 aliphatic heterocycles. The Morgan fingerprint density at radius 3 is 2.19 bits per heavy atom. The number of hydrazine groups is 1. The fourth-order valence-corrected chi connectivity index (χ4v) is 3.91. The van der Waals surface area contributed by atoms with Crippen molar-refractivity contribution in [3.63, 3.8) is 0 Å². The third-order valence-electron chi connectivity index (χ3n) is 4.01. The van der Waals surface area contributed by atoms with E-state index in [1.54, 1.807) is 18.2 Å². The van der Waals surface area contributed by atoms with Gasteiger partial charge in [0.25, 0.3) is 11.8 Å². The number of carbonyl (C=O) groups excluding carboxylic acids is 2. The monoisotopic (exact) mass is 393 g/mol. The van der Waals surface area contributed by atoms with E-state index in [9.17, 15) is 18.0 Å². The van der Waals surface area contributed by atoms with Crippen molar-refractivity contribution in [3.8, 4) is 0 Å². The average Bonchev–Trinajstić information content (AvgIpc) is 3.10. The number of carbonyl (C=O) groups is 2. The lowest BCUT2D eigenvalue weighted by Gasteiger charge is -2.28. The van der Waals surface area contributed by atoms with Crippen LogP contribution in [0.3, 0.4) is 0 Å². The standard InChI is InChI=1S/C17H16ClN3O4S/c1-26(24,25)14-8-3-2-6-12(14)16(22)20-10-5-11-21(20)17(23)13-7-4-9-19-15(13)18/h2-4,6-9H,5,10-11H2,1H3. The second kappa shape index (κ2) is 7.05. The predicted octanol–water partition coefficient (Wildman–Crippen LogP) is 2.04. The molecule has 0 unspecified atom stereocenters. The SMILES string of the molecule is CS(=O)(=O)c1ccccc1C(=O)N1CCCN1C(=O)c1cccnc1Cl. The Morgan fingerprint density at radius 2 is 1.58 bits per heavy atom. The van der Waals surface area contributed by atoms with Crippen molar-refractivity contribution in [2.75, 3.05) is 19.3 Å². The molecule has 0 saturated carbocycles. The molecule has 2 aromatic rings. The minimum atomic E-state index is -3.59. The molecule has 0 radical (unpaired) electrons. The van der Waals surface area contributed by atoms with Crippen LogP contribution in [0.4, 0.5) is 0 Å². The van der Waals surface area contributed by atoms with Crippen LogP contribution in [0.2, 0.25) is 5.15 Å². The van der Waals surface area contributed by atoms with Crippen LogP contribution in [0.5, 0.6) is 0 Å². The second-order valence-electron chi connectivity index (χ2n) is 5.82. The normalized spacial score (nSPS) is 14.5. The van der Waals surface area contributed by atoms with Gasteiger partial charge in [-0.05, 0) is 30.7 Å². The maximum atomic E-state index is 13.0. The molecule has 1 aliphatic rings. The summed E-state index contributed by atoms with van der Waals surface area (Å²) in [5.41, 5.74) is 0.220. The molecule has 7 nitrogen and oxygen atoms in total. The molecule has 2 amide bonds. The van der Waals surface area contributed by atoms with Crippen molar-refractivity contribution >= 4 is 33.3 Å². The van der Waals surface area contributed by atoms with Crippen molar-refractivity contribution in [1.29, 1.82) is 0 Å². The highest BCUT2D eigenvalue weighted by molar-refractivity contribution is 7.90. The summed E-state index contributed by atoms with van der Waals surface area (Å²) in [4.78, 5) is 29.6. The van der Waals surface area contributed by atoms with Gasteiger partial charge in [0.15, 0.2) is 9.84 Å². The van der Waals surface area contributed by atoms with Crippen LogP contribution >= 0.6 is 11.6 Å². The molecule has 1 aromatic heterocycles. The average molecular weight is 394 g/mol. The molecule has 1 aromatic carbocycles. The Morgan fingerprint density at radius 1 is 1.00 bits per heavy atom. The van der Waals surface area contributed by atoms with Gasteiger partial charge < -0.3 is 0 Å².